The minimum atomic E-state index is -0.160. The molecule has 4 heteroatoms. The van der Waals surface area contributed by atoms with E-state index >= 15 is 0 Å². The minimum Gasteiger partial charge on any atom is -0.250 e. The lowest BCUT2D eigenvalue weighted by Gasteiger charge is -2.19. The largest absolute Gasteiger partial charge is 0.250 e. The van der Waals surface area contributed by atoms with Gasteiger partial charge >= 0.3 is 0 Å². The van der Waals surface area contributed by atoms with Crippen LogP contribution in [0.4, 0.5) is 0 Å². The second-order valence-corrected chi connectivity index (χ2v) is 13.7. The van der Waals surface area contributed by atoms with Crippen molar-refractivity contribution in [1.29, 1.82) is 0 Å². The van der Waals surface area contributed by atoms with Crippen molar-refractivity contribution < 1.29 is 0 Å². The van der Waals surface area contributed by atoms with E-state index in [1.807, 2.05) is 6.07 Å². The molecule has 0 unspecified atom stereocenters. The fourth-order valence-electron chi connectivity index (χ4n) is 5.68. The third kappa shape index (κ3) is 5.11. The first-order valence-corrected chi connectivity index (χ1v) is 15.2. The van der Waals surface area contributed by atoms with Gasteiger partial charge in [0.1, 0.15) is 5.82 Å². The van der Waals surface area contributed by atoms with Gasteiger partial charge in [0.25, 0.3) is 0 Å². The van der Waals surface area contributed by atoms with Gasteiger partial charge in [0.05, 0.1) is 27.9 Å². The van der Waals surface area contributed by atoms with E-state index in [-0.39, 0.29) is 10.8 Å². The summed E-state index contributed by atoms with van der Waals surface area (Å²) in [6.45, 7) is 13.1. The molecule has 0 saturated heterocycles. The van der Waals surface area contributed by atoms with Crippen molar-refractivity contribution in [1.82, 2.24) is 19.9 Å². The van der Waals surface area contributed by atoms with Gasteiger partial charge in [-0.25, -0.2) is 19.9 Å². The first-order valence-electron chi connectivity index (χ1n) is 15.2. The molecule has 216 valence electrons. The summed E-state index contributed by atoms with van der Waals surface area (Å²) in [6.07, 6.45) is 0. The summed E-state index contributed by atoms with van der Waals surface area (Å²) in [7, 11) is 0. The molecule has 3 aromatic heterocycles. The average molecular weight is 573 g/mol. The Morgan fingerprint density at radius 3 is 1.75 bits per heavy atom. The van der Waals surface area contributed by atoms with Crippen LogP contribution >= 0.6 is 0 Å². The molecule has 7 rings (SSSR count). The first kappa shape index (κ1) is 27.8. The molecule has 4 nitrogen and oxygen atoms in total. The van der Waals surface area contributed by atoms with Crippen molar-refractivity contribution in [2.24, 2.45) is 0 Å². The van der Waals surface area contributed by atoms with Crippen molar-refractivity contribution in [2.75, 3.05) is 0 Å². The Bertz CT molecular complexity index is 2200. The molecule has 0 saturated carbocycles. The Labute approximate surface area is 258 Å². The zero-order valence-electron chi connectivity index (χ0n) is 26.2. The second kappa shape index (κ2) is 10.3. The van der Waals surface area contributed by atoms with Gasteiger partial charge in [0.2, 0.25) is 0 Å². The Balaban J connectivity index is 1.32. The Kier molecular flexibility index (Phi) is 6.55. The number of hydrogen-bond donors (Lipinski definition) is 0. The van der Waals surface area contributed by atoms with E-state index in [2.05, 4.69) is 145 Å². The molecule has 0 bridgehead atoms. The summed E-state index contributed by atoms with van der Waals surface area (Å²) in [5.41, 5.74) is 10.0. The number of aromatic nitrogens is 4. The second-order valence-electron chi connectivity index (χ2n) is 13.7. The third-order valence-electron chi connectivity index (χ3n) is 8.19. The number of nitrogens with zero attached hydrogens (tertiary/aromatic N) is 4. The molecule has 0 aliphatic carbocycles. The lowest BCUT2D eigenvalue weighted by molar-refractivity contribution is 0.549. The number of pyridine rings is 2. The third-order valence-corrected chi connectivity index (χ3v) is 8.19. The number of hydrogen-bond acceptors (Lipinski definition) is 4. The molecule has 4 aromatic carbocycles. The van der Waals surface area contributed by atoms with Crippen LogP contribution in [0.3, 0.4) is 0 Å². The van der Waals surface area contributed by atoms with E-state index < -0.39 is 0 Å². The number of rotatable bonds is 3. The fourth-order valence-corrected chi connectivity index (χ4v) is 5.68. The summed E-state index contributed by atoms with van der Waals surface area (Å²) < 4.78 is 0. The predicted octanol–water partition coefficient (Wildman–Crippen LogP) is 10.3. The first-order chi connectivity index (χ1) is 21.0. The molecule has 0 radical (unpaired) electrons. The number of fused-ring (bicyclic) bond motifs is 4. The van der Waals surface area contributed by atoms with E-state index in [9.17, 15) is 0 Å². The molecule has 0 atom stereocenters. The molecule has 0 N–H and O–H groups in total. The molecule has 0 fully saturated rings. The van der Waals surface area contributed by atoms with Crippen LogP contribution in [0.5, 0.6) is 0 Å². The summed E-state index contributed by atoms with van der Waals surface area (Å²) in [6, 6.07) is 38.4. The van der Waals surface area contributed by atoms with Crippen molar-refractivity contribution in [3.63, 3.8) is 0 Å². The Hall–Kier alpha value is -4.96. The van der Waals surface area contributed by atoms with E-state index in [1.54, 1.807) is 0 Å². The summed E-state index contributed by atoms with van der Waals surface area (Å²) in [5, 5.41) is 3.25. The Morgan fingerprint density at radius 2 is 1.05 bits per heavy atom. The number of benzene rings is 4. The minimum absolute atomic E-state index is 0.0385. The highest BCUT2D eigenvalue weighted by Gasteiger charge is 2.21. The van der Waals surface area contributed by atoms with E-state index in [1.165, 1.54) is 0 Å². The van der Waals surface area contributed by atoms with Gasteiger partial charge in [-0.1, -0.05) is 120 Å². The summed E-state index contributed by atoms with van der Waals surface area (Å²) in [4.78, 5) is 20.3. The van der Waals surface area contributed by atoms with Crippen molar-refractivity contribution in [3.05, 3.63) is 121 Å². The molecule has 3 heterocycles. The molecule has 0 aliphatic rings. The van der Waals surface area contributed by atoms with Gasteiger partial charge in [0.15, 0.2) is 0 Å². The molecular weight excluding hydrogens is 536 g/mol. The van der Waals surface area contributed by atoms with E-state index in [4.69, 9.17) is 19.9 Å². The molecular formula is C40H36N4. The van der Waals surface area contributed by atoms with Crippen LogP contribution in [0.2, 0.25) is 0 Å². The van der Waals surface area contributed by atoms with Crippen LogP contribution in [0.15, 0.2) is 109 Å². The van der Waals surface area contributed by atoms with Gasteiger partial charge in [0, 0.05) is 43.8 Å². The lowest BCUT2D eigenvalue weighted by Crippen LogP contribution is -2.16. The topological polar surface area (TPSA) is 51.6 Å². The lowest BCUT2D eigenvalue weighted by atomic mass is 9.91. The predicted molar refractivity (Wildman–Crippen MR) is 184 cm³/mol. The number of para-hydroxylation sites is 1. The Morgan fingerprint density at radius 1 is 0.455 bits per heavy atom. The van der Waals surface area contributed by atoms with Gasteiger partial charge in [-0.15, -0.1) is 0 Å². The molecule has 0 aliphatic heterocycles. The smallest absolute Gasteiger partial charge is 0.135 e. The maximum absolute atomic E-state index is 5.18. The van der Waals surface area contributed by atoms with E-state index in [0.29, 0.717) is 0 Å². The van der Waals surface area contributed by atoms with Gasteiger partial charge in [-0.3, -0.25) is 0 Å². The maximum atomic E-state index is 5.18. The quantitative estimate of drug-likeness (QED) is 0.198. The highest BCUT2D eigenvalue weighted by Crippen LogP contribution is 2.34. The molecule has 7 aromatic rings. The van der Waals surface area contributed by atoms with Crippen LogP contribution < -0.4 is 0 Å². The van der Waals surface area contributed by atoms with Gasteiger partial charge in [-0.05, 0) is 41.5 Å². The SMILES string of the molecule is CC(C)(C)c1ccc2ccc3ccc(-c4cccc(-c5cccc(-c6nc(C(C)(C)C)nc7ccccc67)c5)c4)nc3c2n1. The molecule has 44 heavy (non-hydrogen) atoms. The van der Waals surface area contributed by atoms with Crippen molar-refractivity contribution >= 4 is 32.7 Å². The highest BCUT2D eigenvalue weighted by atomic mass is 14.9. The highest BCUT2D eigenvalue weighted by molar-refractivity contribution is 6.03. The molecule has 0 spiro atoms. The summed E-state index contributed by atoms with van der Waals surface area (Å²) in [5.74, 6) is 0.845. The normalized spacial score (nSPS) is 12.3. The fraction of sp³-hybridized carbons (Fsp3) is 0.200. The van der Waals surface area contributed by atoms with Gasteiger partial charge in [-0.2, -0.15) is 0 Å². The average Bonchev–Trinajstić information content (AvgIpc) is 3.03. The van der Waals surface area contributed by atoms with Crippen LogP contribution in [0.25, 0.3) is 66.4 Å². The zero-order chi connectivity index (χ0) is 30.6. The van der Waals surface area contributed by atoms with E-state index in [0.717, 1.165) is 77.9 Å². The van der Waals surface area contributed by atoms with Crippen LogP contribution in [0, 0.1) is 0 Å². The van der Waals surface area contributed by atoms with Crippen molar-refractivity contribution in [3.8, 4) is 33.6 Å². The zero-order valence-corrected chi connectivity index (χ0v) is 26.2. The monoisotopic (exact) mass is 572 g/mol. The standard InChI is InChI=1S/C40H36N4/c1-39(2,3)34-22-20-26-18-17-25-19-21-32(41-36(25)37(26)43-34)29-13-9-11-27(23-29)28-12-10-14-30(24-28)35-31-15-7-8-16-33(31)42-38(44-35)40(4,5)6/h7-24H,1-6H3. The maximum Gasteiger partial charge on any atom is 0.135 e. The van der Waals surface area contributed by atoms with Crippen LogP contribution in [-0.4, -0.2) is 19.9 Å². The molecule has 0 amide bonds. The van der Waals surface area contributed by atoms with Gasteiger partial charge < -0.3 is 0 Å². The van der Waals surface area contributed by atoms with Crippen LogP contribution in [0.1, 0.15) is 53.1 Å². The summed E-state index contributed by atoms with van der Waals surface area (Å²) >= 11 is 0. The van der Waals surface area contributed by atoms with Crippen molar-refractivity contribution in [2.45, 2.75) is 52.4 Å². The van der Waals surface area contributed by atoms with Crippen LogP contribution in [-0.2, 0) is 10.8 Å².